The van der Waals surface area contributed by atoms with E-state index in [1.807, 2.05) is 54.6 Å². The van der Waals surface area contributed by atoms with Gasteiger partial charge in [0.05, 0.1) is 0 Å². The van der Waals surface area contributed by atoms with E-state index in [0.717, 1.165) is 15.7 Å². The molecule has 0 bridgehead atoms. The number of nitrogens with one attached hydrogen (secondary N) is 3. The quantitative estimate of drug-likeness (QED) is 0.749. The molecule has 120 valence electrons. The fourth-order valence-corrected chi connectivity index (χ4v) is 2.31. The molecule has 6 heteroatoms. The minimum Gasteiger partial charge on any atom is -0.370 e. The largest absolute Gasteiger partial charge is 0.370 e. The highest BCUT2D eigenvalue weighted by atomic mass is 79.9. The molecule has 0 aromatic heterocycles. The van der Waals surface area contributed by atoms with Gasteiger partial charge in [-0.25, -0.2) is 4.79 Å². The Morgan fingerprint density at radius 2 is 1.70 bits per heavy atom. The molecule has 0 spiro atoms. The van der Waals surface area contributed by atoms with Crippen molar-refractivity contribution in [3.63, 3.8) is 0 Å². The maximum Gasteiger partial charge on any atom is 0.321 e. The third-order valence-electron chi connectivity index (χ3n) is 3.12. The van der Waals surface area contributed by atoms with Crippen LogP contribution in [0.25, 0.3) is 0 Å². The van der Waals surface area contributed by atoms with E-state index in [1.54, 1.807) is 6.92 Å². The SMILES string of the molecule is CCNC(=O)NC(=O)[C@@H](Nc1ccc(Br)cc1)c1ccccc1. The van der Waals surface area contributed by atoms with Gasteiger partial charge in [0.25, 0.3) is 5.91 Å². The summed E-state index contributed by atoms with van der Waals surface area (Å²) in [6.07, 6.45) is 0. The molecule has 2 rings (SSSR count). The van der Waals surface area contributed by atoms with Gasteiger partial charge in [-0.3, -0.25) is 10.1 Å². The molecule has 2 aromatic carbocycles. The number of carbonyl (C=O) groups excluding carboxylic acids is 2. The summed E-state index contributed by atoms with van der Waals surface area (Å²) in [5, 5.41) is 8.06. The van der Waals surface area contributed by atoms with E-state index >= 15 is 0 Å². The third kappa shape index (κ3) is 5.10. The van der Waals surface area contributed by atoms with Gasteiger partial charge >= 0.3 is 6.03 Å². The van der Waals surface area contributed by atoms with Crippen molar-refractivity contribution in [1.82, 2.24) is 10.6 Å². The van der Waals surface area contributed by atoms with Crippen LogP contribution in [0.1, 0.15) is 18.5 Å². The zero-order valence-corrected chi connectivity index (χ0v) is 14.3. The summed E-state index contributed by atoms with van der Waals surface area (Å²) in [6, 6.07) is 15.6. The first-order valence-electron chi connectivity index (χ1n) is 7.26. The second-order valence-electron chi connectivity index (χ2n) is 4.84. The molecular formula is C17H18BrN3O2. The van der Waals surface area contributed by atoms with Gasteiger partial charge in [0.2, 0.25) is 0 Å². The van der Waals surface area contributed by atoms with Gasteiger partial charge in [0.1, 0.15) is 6.04 Å². The Kier molecular flexibility index (Phi) is 6.17. The standard InChI is InChI=1S/C17H18BrN3O2/c1-2-19-17(23)21-16(22)15(12-6-4-3-5-7-12)20-14-10-8-13(18)9-11-14/h3-11,15,20H,2H2,1H3,(H2,19,21,22,23)/t15-/m0/s1. The lowest BCUT2D eigenvalue weighted by molar-refractivity contribution is -0.120. The lowest BCUT2D eigenvalue weighted by Gasteiger charge is -2.19. The van der Waals surface area contributed by atoms with Crippen molar-refractivity contribution in [1.29, 1.82) is 0 Å². The van der Waals surface area contributed by atoms with Gasteiger partial charge < -0.3 is 10.6 Å². The Hall–Kier alpha value is -2.34. The zero-order valence-electron chi connectivity index (χ0n) is 12.7. The zero-order chi connectivity index (χ0) is 16.7. The third-order valence-corrected chi connectivity index (χ3v) is 3.65. The van der Waals surface area contributed by atoms with E-state index < -0.39 is 18.0 Å². The second kappa shape index (κ2) is 8.33. The highest BCUT2D eigenvalue weighted by molar-refractivity contribution is 9.10. The lowest BCUT2D eigenvalue weighted by Crippen LogP contribution is -2.43. The molecule has 0 aliphatic rings. The van der Waals surface area contributed by atoms with Crippen LogP contribution < -0.4 is 16.0 Å². The van der Waals surface area contributed by atoms with Crippen LogP contribution >= 0.6 is 15.9 Å². The molecule has 0 heterocycles. The number of amides is 3. The molecule has 0 radical (unpaired) electrons. The number of halogens is 1. The Bertz CT molecular complexity index is 659. The number of anilines is 1. The number of hydrogen-bond acceptors (Lipinski definition) is 3. The fourth-order valence-electron chi connectivity index (χ4n) is 2.05. The molecule has 1 atom stereocenters. The Morgan fingerprint density at radius 3 is 2.30 bits per heavy atom. The van der Waals surface area contributed by atoms with Gasteiger partial charge in [-0.15, -0.1) is 0 Å². The van der Waals surface area contributed by atoms with E-state index in [2.05, 4.69) is 31.9 Å². The van der Waals surface area contributed by atoms with Crippen LogP contribution in [-0.4, -0.2) is 18.5 Å². The summed E-state index contributed by atoms with van der Waals surface area (Å²) in [5.74, 6) is -0.412. The van der Waals surface area contributed by atoms with Crippen LogP contribution in [0, 0.1) is 0 Å². The number of rotatable bonds is 5. The molecule has 0 unspecified atom stereocenters. The van der Waals surface area contributed by atoms with Gasteiger partial charge in [-0.05, 0) is 36.8 Å². The first kappa shape index (κ1) is 17.0. The second-order valence-corrected chi connectivity index (χ2v) is 5.76. The minimum atomic E-state index is -0.667. The van der Waals surface area contributed by atoms with Crippen LogP contribution in [0.15, 0.2) is 59.1 Å². The maximum atomic E-state index is 12.5. The first-order chi connectivity index (χ1) is 11.1. The molecule has 2 aromatic rings. The normalized spacial score (nSPS) is 11.4. The fraction of sp³-hybridized carbons (Fsp3) is 0.176. The Labute approximate surface area is 143 Å². The lowest BCUT2D eigenvalue weighted by atomic mass is 10.1. The highest BCUT2D eigenvalue weighted by Crippen LogP contribution is 2.21. The molecule has 0 aliphatic carbocycles. The van der Waals surface area contributed by atoms with Gasteiger partial charge in [0.15, 0.2) is 0 Å². The predicted octanol–water partition coefficient (Wildman–Crippen LogP) is 3.45. The molecule has 3 N–H and O–H groups in total. The Balaban J connectivity index is 2.20. The topological polar surface area (TPSA) is 70.2 Å². The minimum absolute atomic E-state index is 0.412. The number of carbonyl (C=O) groups is 2. The van der Waals surface area contributed by atoms with Crippen molar-refractivity contribution in [3.05, 3.63) is 64.6 Å². The average molecular weight is 376 g/mol. The average Bonchev–Trinajstić information content (AvgIpc) is 2.55. The number of hydrogen-bond donors (Lipinski definition) is 3. The van der Waals surface area contributed by atoms with E-state index in [0.29, 0.717) is 6.54 Å². The summed E-state index contributed by atoms with van der Waals surface area (Å²) in [4.78, 5) is 24.1. The smallest absolute Gasteiger partial charge is 0.321 e. The van der Waals surface area contributed by atoms with Crippen LogP contribution in [0.5, 0.6) is 0 Å². The molecule has 5 nitrogen and oxygen atoms in total. The summed E-state index contributed by atoms with van der Waals surface area (Å²) >= 11 is 3.38. The summed E-state index contributed by atoms with van der Waals surface area (Å²) in [6.45, 7) is 2.24. The van der Waals surface area contributed by atoms with Crippen molar-refractivity contribution in [2.45, 2.75) is 13.0 Å². The predicted molar refractivity (Wildman–Crippen MR) is 94.2 cm³/mol. The molecule has 0 aliphatic heterocycles. The van der Waals surface area contributed by atoms with Crippen molar-refractivity contribution in [3.8, 4) is 0 Å². The molecular weight excluding hydrogens is 358 g/mol. The first-order valence-corrected chi connectivity index (χ1v) is 8.05. The van der Waals surface area contributed by atoms with E-state index in [-0.39, 0.29) is 0 Å². The van der Waals surface area contributed by atoms with Crippen molar-refractivity contribution in [2.75, 3.05) is 11.9 Å². The maximum absolute atomic E-state index is 12.5. The monoisotopic (exact) mass is 375 g/mol. The van der Waals surface area contributed by atoms with Crippen LogP contribution in [0.3, 0.4) is 0 Å². The van der Waals surface area contributed by atoms with Crippen molar-refractivity contribution >= 4 is 33.6 Å². The summed E-state index contributed by atoms with van der Waals surface area (Å²) < 4.78 is 0.950. The molecule has 3 amide bonds. The number of benzene rings is 2. The van der Waals surface area contributed by atoms with Gasteiger partial charge in [-0.2, -0.15) is 0 Å². The van der Waals surface area contributed by atoms with Crippen LogP contribution in [0.4, 0.5) is 10.5 Å². The number of imide groups is 1. The van der Waals surface area contributed by atoms with Gasteiger partial charge in [-0.1, -0.05) is 46.3 Å². The summed E-state index contributed by atoms with van der Waals surface area (Å²) in [7, 11) is 0. The van der Waals surface area contributed by atoms with Crippen LogP contribution in [-0.2, 0) is 4.79 Å². The van der Waals surface area contributed by atoms with Gasteiger partial charge in [0, 0.05) is 16.7 Å². The number of urea groups is 1. The summed E-state index contributed by atoms with van der Waals surface area (Å²) in [5.41, 5.74) is 1.56. The highest BCUT2D eigenvalue weighted by Gasteiger charge is 2.22. The van der Waals surface area contributed by atoms with E-state index in [9.17, 15) is 9.59 Å². The Morgan fingerprint density at radius 1 is 1.04 bits per heavy atom. The molecule has 23 heavy (non-hydrogen) atoms. The van der Waals surface area contributed by atoms with Crippen molar-refractivity contribution in [2.24, 2.45) is 0 Å². The van der Waals surface area contributed by atoms with E-state index in [1.165, 1.54) is 0 Å². The van der Waals surface area contributed by atoms with E-state index in [4.69, 9.17) is 0 Å². The molecule has 0 saturated heterocycles. The molecule has 0 fully saturated rings. The molecule has 0 saturated carbocycles. The van der Waals surface area contributed by atoms with Crippen LogP contribution in [0.2, 0.25) is 0 Å². The van der Waals surface area contributed by atoms with Crippen molar-refractivity contribution < 1.29 is 9.59 Å².